The van der Waals surface area contributed by atoms with Gasteiger partial charge in [0, 0.05) is 17.4 Å². The third-order valence-corrected chi connectivity index (χ3v) is 2.68. The molecule has 0 fully saturated rings. The van der Waals surface area contributed by atoms with Crippen LogP contribution in [0.1, 0.15) is 35.9 Å². The number of nitrogens with one attached hydrogen (secondary N) is 2. The standard InChI is InChI=1S/C13H18N6O2/c1-7(2)15-10(20)6-14-12(21)11-17-13-16-8(3)5-9(4)19(13)18-11/h5,7H,6H2,1-4H3,(H,14,21)(H,15,20). The van der Waals surface area contributed by atoms with Gasteiger partial charge in [-0.15, -0.1) is 5.10 Å². The van der Waals surface area contributed by atoms with Crippen LogP contribution < -0.4 is 10.6 Å². The Labute approximate surface area is 122 Å². The molecule has 0 saturated carbocycles. The number of rotatable bonds is 4. The zero-order valence-corrected chi connectivity index (χ0v) is 12.5. The maximum Gasteiger partial charge on any atom is 0.291 e. The molecule has 112 valence electrons. The van der Waals surface area contributed by atoms with Crippen LogP contribution in [0.4, 0.5) is 0 Å². The van der Waals surface area contributed by atoms with Crippen molar-refractivity contribution in [3.8, 4) is 0 Å². The highest BCUT2D eigenvalue weighted by Crippen LogP contribution is 2.05. The molecule has 2 rings (SSSR count). The quantitative estimate of drug-likeness (QED) is 0.825. The minimum Gasteiger partial charge on any atom is -0.352 e. The number of aromatic nitrogens is 4. The minimum absolute atomic E-state index is 0.00598. The summed E-state index contributed by atoms with van der Waals surface area (Å²) in [4.78, 5) is 31.7. The fraction of sp³-hybridized carbons (Fsp3) is 0.462. The smallest absolute Gasteiger partial charge is 0.291 e. The van der Waals surface area contributed by atoms with Gasteiger partial charge in [-0.3, -0.25) is 9.59 Å². The van der Waals surface area contributed by atoms with Gasteiger partial charge in [0.15, 0.2) is 0 Å². The number of nitrogens with zero attached hydrogens (tertiary/aromatic N) is 4. The van der Waals surface area contributed by atoms with Crippen molar-refractivity contribution in [1.82, 2.24) is 30.2 Å². The Kier molecular flexibility index (Phi) is 4.15. The summed E-state index contributed by atoms with van der Waals surface area (Å²) in [6.45, 7) is 7.28. The molecule has 2 amide bonds. The van der Waals surface area contributed by atoms with Gasteiger partial charge >= 0.3 is 0 Å². The van der Waals surface area contributed by atoms with E-state index >= 15 is 0 Å². The van der Waals surface area contributed by atoms with E-state index in [-0.39, 0.29) is 24.3 Å². The van der Waals surface area contributed by atoms with Gasteiger partial charge in [-0.2, -0.15) is 4.98 Å². The predicted molar refractivity (Wildman–Crippen MR) is 75.9 cm³/mol. The Balaban J connectivity index is 2.10. The van der Waals surface area contributed by atoms with Crippen molar-refractivity contribution in [2.75, 3.05) is 6.54 Å². The molecule has 0 aliphatic heterocycles. The zero-order chi connectivity index (χ0) is 15.6. The number of fused-ring (bicyclic) bond motifs is 1. The molecule has 0 unspecified atom stereocenters. The molecule has 8 heteroatoms. The molecule has 0 aliphatic rings. The van der Waals surface area contributed by atoms with Gasteiger partial charge in [-0.05, 0) is 33.8 Å². The van der Waals surface area contributed by atoms with Crippen molar-refractivity contribution >= 4 is 17.6 Å². The first-order valence-electron chi connectivity index (χ1n) is 6.65. The molecule has 2 N–H and O–H groups in total. The summed E-state index contributed by atoms with van der Waals surface area (Å²) in [7, 11) is 0. The van der Waals surface area contributed by atoms with Crippen molar-refractivity contribution in [2.45, 2.75) is 33.7 Å². The van der Waals surface area contributed by atoms with Gasteiger partial charge in [0.05, 0.1) is 6.54 Å². The average Bonchev–Trinajstić information content (AvgIpc) is 2.79. The molecule has 21 heavy (non-hydrogen) atoms. The van der Waals surface area contributed by atoms with E-state index in [1.807, 2.05) is 33.8 Å². The van der Waals surface area contributed by atoms with Crippen LogP contribution in [0.25, 0.3) is 5.78 Å². The number of hydrogen-bond donors (Lipinski definition) is 2. The van der Waals surface area contributed by atoms with E-state index in [1.165, 1.54) is 4.52 Å². The number of carbonyl (C=O) groups excluding carboxylic acids is 2. The van der Waals surface area contributed by atoms with Gasteiger partial charge in [-0.25, -0.2) is 9.50 Å². The molecule has 2 heterocycles. The molecule has 0 spiro atoms. The van der Waals surface area contributed by atoms with E-state index in [4.69, 9.17) is 0 Å². The van der Waals surface area contributed by atoms with Crippen molar-refractivity contribution < 1.29 is 9.59 Å². The van der Waals surface area contributed by atoms with Gasteiger partial charge in [-0.1, -0.05) is 0 Å². The van der Waals surface area contributed by atoms with Gasteiger partial charge in [0.2, 0.25) is 11.7 Å². The van der Waals surface area contributed by atoms with E-state index in [1.54, 1.807) is 0 Å². The Hall–Kier alpha value is -2.51. The molecule has 0 radical (unpaired) electrons. The Morgan fingerprint density at radius 2 is 2.00 bits per heavy atom. The van der Waals surface area contributed by atoms with Crippen LogP contribution in [0.2, 0.25) is 0 Å². The fourth-order valence-electron chi connectivity index (χ4n) is 1.88. The largest absolute Gasteiger partial charge is 0.352 e. The lowest BCUT2D eigenvalue weighted by atomic mass is 10.4. The SMILES string of the molecule is Cc1cc(C)n2nc(C(=O)NCC(=O)NC(C)C)nc2n1. The Morgan fingerprint density at radius 3 is 2.67 bits per heavy atom. The number of aryl methyl sites for hydroxylation is 2. The van der Waals surface area contributed by atoms with Crippen molar-refractivity contribution in [3.63, 3.8) is 0 Å². The van der Waals surface area contributed by atoms with Crippen LogP contribution >= 0.6 is 0 Å². The van der Waals surface area contributed by atoms with Crippen molar-refractivity contribution in [1.29, 1.82) is 0 Å². The van der Waals surface area contributed by atoms with Crippen molar-refractivity contribution in [2.24, 2.45) is 0 Å². The summed E-state index contributed by atoms with van der Waals surface area (Å²) in [5, 5.41) is 9.25. The predicted octanol–water partition coefficient (Wildman–Crippen LogP) is -0.00446. The normalized spacial score (nSPS) is 10.9. The molecule has 0 aliphatic carbocycles. The lowest BCUT2D eigenvalue weighted by molar-refractivity contribution is -0.120. The second kappa shape index (κ2) is 5.86. The molecular weight excluding hydrogens is 272 g/mol. The highest BCUT2D eigenvalue weighted by Gasteiger charge is 2.15. The van der Waals surface area contributed by atoms with Crippen LogP contribution in [0.15, 0.2) is 6.07 Å². The van der Waals surface area contributed by atoms with E-state index in [9.17, 15) is 9.59 Å². The second-order valence-electron chi connectivity index (χ2n) is 5.09. The third kappa shape index (κ3) is 3.53. The lowest BCUT2D eigenvalue weighted by Crippen LogP contribution is -2.40. The van der Waals surface area contributed by atoms with Crippen LogP contribution in [0, 0.1) is 13.8 Å². The van der Waals surface area contributed by atoms with E-state index < -0.39 is 5.91 Å². The number of hydrogen-bond acceptors (Lipinski definition) is 5. The Morgan fingerprint density at radius 1 is 1.29 bits per heavy atom. The molecule has 0 atom stereocenters. The van der Waals surface area contributed by atoms with Gasteiger partial charge in [0.1, 0.15) is 0 Å². The number of carbonyl (C=O) groups is 2. The second-order valence-corrected chi connectivity index (χ2v) is 5.09. The van der Waals surface area contributed by atoms with Crippen LogP contribution in [-0.4, -0.2) is 44.0 Å². The molecule has 2 aromatic heterocycles. The summed E-state index contributed by atoms with van der Waals surface area (Å²) in [6, 6.07) is 1.87. The van der Waals surface area contributed by atoms with Crippen molar-refractivity contribution in [3.05, 3.63) is 23.3 Å². The zero-order valence-electron chi connectivity index (χ0n) is 12.5. The molecule has 0 saturated heterocycles. The highest BCUT2D eigenvalue weighted by molar-refractivity contribution is 5.93. The first-order valence-corrected chi connectivity index (χ1v) is 6.65. The van der Waals surface area contributed by atoms with Gasteiger partial charge < -0.3 is 10.6 Å². The molecule has 2 aromatic rings. The average molecular weight is 290 g/mol. The van der Waals surface area contributed by atoms with Gasteiger partial charge in [0.25, 0.3) is 11.7 Å². The monoisotopic (exact) mass is 290 g/mol. The summed E-state index contributed by atoms with van der Waals surface area (Å²) in [5.41, 5.74) is 1.64. The first-order chi connectivity index (χ1) is 9.86. The topological polar surface area (TPSA) is 101 Å². The summed E-state index contributed by atoms with van der Waals surface area (Å²) in [5.74, 6) is -0.401. The number of amides is 2. The van der Waals surface area contributed by atoms with E-state index in [0.29, 0.717) is 5.78 Å². The molecular formula is C13H18N6O2. The van der Waals surface area contributed by atoms with E-state index in [2.05, 4.69) is 25.7 Å². The lowest BCUT2D eigenvalue weighted by Gasteiger charge is -2.08. The molecule has 8 nitrogen and oxygen atoms in total. The van der Waals surface area contributed by atoms with E-state index in [0.717, 1.165) is 11.4 Å². The Bertz CT molecular complexity index is 691. The minimum atomic E-state index is -0.503. The summed E-state index contributed by atoms with van der Waals surface area (Å²) in [6.07, 6.45) is 0. The highest BCUT2D eigenvalue weighted by atomic mass is 16.2. The van der Waals surface area contributed by atoms with Crippen LogP contribution in [0.5, 0.6) is 0 Å². The maximum absolute atomic E-state index is 11.9. The summed E-state index contributed by atoms with van der Waals surface area (Å²) >= 11 is 0. The molecule has 0 aromatic carbocycles. The summed E-state index contributed by atoms with van der Waals surface area (Å²) < 4.78 is 1.50. The first kappa shape index (κ1) is 14.9. The maximum atomic E-state index is 11.9. The van der Waals surface area contributed by atoms with Crippen LogP contribution in [0.3, 0.4) is 0 Å². The molecule has 0 bridgehead atoms. The van der Waals surface area contributed by atoms with Crippen LogP contribution in [-0.2, 0) is 4.79 Å². The fourth-order valence-corrected chi connectivity index (χ4v) is 1.88. The third-order valence-electron chi connectivity index (χ3n) is 2.68.